The van der Waals surface area contributed by atoms with E-state index in [2.05, 4.69) is 58.1 Å². The number of ether oxygens (including phenoxy) is 1. The Kier molecular flexibility index (Phi) is 6.84. The van der Waals surface area contributed by atoms with Crippen LogP contribution in [0.1, 0.15) is 60.5 Å². The number of hydrogen-bond acceptors (Lipinski definition) is 2. The lowest BCUT2D eigenvalue weighted by molar-refractivity contribution is -0.128. The SMILES string of the molecule is CCC(Oc1ccc(C)c(C)c1)C(=O)NC(CC)c1ccc(C)c(C)c1. The van der Waals surface area contributed by atoms with E-state index in [4.69, 9.17) is 4.74 Å². The highest BCUT2D eigenvalue weighted by molar-refractivity contribution is 5.81. The van der Waals surface area contributed by atoms with Crippen LogP contribution in [0, 0.1) is 27.7 Å². The van der Waals surface area contributed by atoms with Gasteiger partial charge in [0.1, 0.15) is 5.75 Å². The van der Waals surface area contributed by atoms with Gasteiger partial charge in [-0.25, -0.2) is 0 Å². The van der Waals surface area contributed by atoms with Gasteiger partial charge in [0.2, 0.25) is 0 Å². The second-order valence-electron chi connectivity index (χ2n) is 7.07. The van der Waals surface area contributed by atoms with Crippen LogP contribution in [0.25, 0.3) is 0 Å². The summed E-state index contributed by atoms with van der Waals surface area (Å²) >= 11 is 0. The molecule has 2 unspecified atom stereocenters. The van der Waals surface area contributed by atoms with Crippen molar-refractivity contribution < 1.29 is 9.53 Å². The minimum atomic E-state index is -0.488. The van der Waals surface area contributed by atoms with Crippen LogP contribution in [0.15, 0.2) is 36.4 Å². The second kappa shape index (κ2) is 8.88. The Morgan fingerprint density at radius 2 is 1.50 bits per heavy atom. The maximum Gasteiger partial charge on any atom is 0.261 e. The molecule has 2 aromatic carbocycles. The van der Waals surface area contributed by atoms with Crippen LogP contribution < -0.4 is 10.1 Å². The third kappa shape index (κ3) is 4.87. The fourth-order valence-electron chi connectivity index (χ4n) is 2.94. The Balaban J connectivity index is 2.10. The largest absolute Gasteiger partial charge is 0.481 e. The number of carbonyl (C=O) groups is 1. The fourth-order valence-corrected chi connectivity index (χ4v) is 2.94. The maximum absolute atomic E-state index is 12.8. The number of aryl methyl sites for hydroxylation is 4. The van der Waals surface area contributed by atoms with Crippen LogP contribution in [0.5, 0.6) is 5.75 Å². The van der Waals surface area contributed by atoms with E-state index in [9.17, 15) is 4.79 Å². The zero-order valence-corrected chi connectivity index (χ0v) is 16.8. The molecule has 0 spiro atoms. The third-order valence-corrected chi connectivity index (χ3v) is 5.08. The molecule has 0 aromatic heterocycles. The van der Waals surface area contributed by atoms with Crippen molar-refractivity contribution in [3.8, 4) is 5.75 Å². The van der Waals surface area contributed by atoms with Crippen LogP contribution in [0.4, 0.5) is 0 Å². The lowest BCUT2D eigenvalue weighted by Crippen LogP contribution is -2.40. The van der Waals surface area contributed by atoms with Crippen molar-refractivity contribution in [1.29, 1.82) is 0 Å². The van der Waals surface area contributed by atoms with Crippen molar-refractivity contribution in [3.05, 3.63) is 64.2 Å². The molecule has 0 saturated carbocycles. The van der Waals surface area contributed by atoms with Gasteiger partial charge < -0.3 is 10.1 Å². The monoisotopic (exact) mass is 353 g/mol. The molecule has 0 aliphatic heterocycles. The Hall–Kier alpha value is -2.29. The summed E-state index contributed by atoms with van der Waals surface area (Å²) in [6, 6.07) is 12.3. The molecule has 2 atom stereocenters. The molecule has 140 valence electrons. The van der Waals surface area contributed by atoms with Gasteiger partial charge in [-0.1, -0.05) is 38.1 Å². The van der Waals surface area contributed by atoms with Crippen LogP contribution in [0.2, 0.25) is 0 Å². The van der Waals surface area contributed by atoms with Crippen LogP contribution in [0.3, 0.4) is 0 Å². The van der Waals surface area contributed by atoms with Gasteiger partial charge in [0.25, 0.3) is 5.91 Å². The van der Waals surface area contributed by atoms with Crippen molar-refractivity contribution in [2.75, 3.05) is 0 Å². The Morgan fingerprint density at radius 3 is 2.04 bits per heavy atom. The van der Waals surface area contributed by atoms with E-state index in [0.717, 1.165) is 17.7 Å². The summed E-state index contributed by atoms with van der Waals surface area (Å²) in [6.07, 6.45) is 0.980. The quantitative estimate of drug-likeness (QED) is 0.729. The lowest BCUT2D eigenvalue weighted by Gasteiger charge is -2.23. The minimum Gasteiger partial charge on any atom is -0.481 e. The molecule has 2 rings (SSSR count). The first kappa shape index (κ1) is 20.0. The van der Waals surface area contributed by atoms with Crippen molar-refractivity contribution in [2.45, 2.75) is 66.5 Å². The van der Waals surface area contributed by atoms with Crippen molar-refractivity contribution in [3.63, 3.8) is 0 Å². The number of carbonyl (C=O) groups excluding carboxylic acids is 1. The van der Waals surface area contributed by atoms with Crippen LogP contribution in [-0.2, 0) is 4.79 Å². The van der Waals surface area contributed by atoms with Crippen LogP contribution >= 0.6 is 0 Å². The van der Waals surface area contributed by atoms with E-state index in [1.165, 1.54) is 22.3 Å². The molecule has 0 fully saturated rings. The molecule has 0 heterocycles. The number of amides is 1. The highest BCUT2D eigenvalue weighted by atomic mass is 16.5. The van der Waals surface area contributed by atoms with Gasteiger partial charge in [0, 0.05) is 0 Å². The number of nitrogens with one attached hydrogen (secondary N) is 1. The van der Waals surface area contributed by atoms with Gasteiger partial charge in [0.05, 0.1) is 6.04 Å². The number of rotatable bonds is 7. The molecule has 0 bridgehead atoms. The van der Waals surface area contributed by atoms with Gasteiger partial charge in [-0.05, 0) is 80.5 Å². The normalized spacial score (nSPS) is 13.2. The first-order valence-electron chi connectivity index (χ1n) is 9.47. The van der Waals surface area contributed by atoms with Crippen LogP contribution in [-0.4, -0.2) is 12.0 Å². The van der Waals surface area contributed by atoms with Crippen molar-refractivity contribution in [2.24, 2.45) is 0 Å². The summed E-state index contributed by atoms with van der Waals surface area (Å²) in [7, 11) is 0. The van der Waals surface area contributed by atoms with Gasteiger partial charge in [0.15, 0.2) is 6.10 Å². The molecule has 2 aromatic rings. The molecule has 0 aliphatic rings. The van der Waals surface area contributed by atoms with Gasteiger partial charge >= 0.3 is 0 Å². The Labute approximate surface area is 157 Å². The van der Waals surface area contributed by atoms with Crippen molar-refractivity contribution >= 4 is 5.91 Å². The van der Waals surface area contributed by atoms with E-state index in [-0.39, 0.29) is 11.9 Å². The highest BCUT2D eigenvalue weighted by Gasteiger charge is 2.22. The Morgan fingerprint density at radius 1 is 0.885 bits per heavy atom. The zero-order chi connectivity index (χ0) is 19.3. The predicted molar refractivity (Wildman–Crippen MR) is 108 cm³/mol. The molecular formula is C23H31NO2. The van der Waals surface area contributed by atoms with E-state index in [0.29, 0.717) is 6.42 Å². The van der Waals surface area contributed by atoms with Gasteiger partial charge in [-0.2, -0.15) is 0 Å². The summed E-state index contributed by atoms with van der Waals surface area (Å²) in [6.45, 7) is 12.4. The number of hydrogen-bond donors (Lipinski definition) is 1. The standard InChI is InChI=1S/C23H31NO2/c1-7-21(19-11-9-15(3)17(5)13-19)24-23(25)22(8-2)26-20-12-10-16(4)18(6)14-20/h9-14,21-22H,7-8H2,1-6H3,(H,24,25). The maximum atomic E-state index is 12.8. The third-order valence-electron chi connectivity index (χ3n) is 5.08. The average molecular weight is 354 g/mol. The molecular weight excluding hydrogens is 322 g/mol. The molecule has 0 aliphatic carbocycles. The van der Waals surface area contributed by atoms with E-state index in [1.54, 1.807) is 0 Å². The second-order valence-corrected chi connectivity index (χ2v) is 7.07. The minimum absolute atomic E-state index is 0.000737. The molecule has 1 amide bonds. The molecule has 1 N–H and O–H groups in total. The van der Waals surface area contributed by atoms with Crippen molar-refractivity contribution in [1.82, 2.24) is 5.32 Å². The van der Waals surface area contributed by atoms with E-state index < -0.39 is 6.10 Å². The van der Waals surface area contributed by atoms with E-state index >= 15 is 0 Å². The molecule has 3 nitrogen and oxygen atoms in total. The molecule has 0 saturated heterocycles. The highest BCUT2D eigenvalue weighted by Crippen LogP contribution is 2.22. The van der Waals surface area contributed by atoms with Gasteiger partial charge in [-0.15, -0.1) is 0 Å². The first-order valence-corrected chi connectivity index (χ1v) is 9.47. The number of benzene rings is 2. The topological polar surface area (TPSA) is 38.3 Å². The first-order chi connectivity index (χ1) is 12.3. The zero-order valence-electron chi connectivity index (χ0n) is 16.8. The summed E-state index contributed by atoms with van der Waals surface area (Å²) in [4.78, 5) is 12.8. The summed E-state index contributed by atoms with van der Waals surface area (Å²) in [5.41, 5.74) is 6.04. The average Bonchev–Trinajstić information content (AvgIpc) is 2.62. The molecule has 3 heteroatoms. The smallest absolute Gasteiger partial charge is 0.261 e. The summed E-state index contributed by atoms with van der Waals surface area (Å²) in [5, 5.41) is 3.16. The van der Waals surface area contributed by atoms with E-state index in [1.807, 2.05) is 25.1 Å². The van der Waals surface area contributed by atoms with Gasteiger partial charge in [-0.3, -0.25) is 4.79 Å². The fraction of sp³-hybridized carbons (Fsp3) is 0.435. The summed E-state index contributed by atoms with van der Waals surface area (Å²) < 4.78 is 5.97. The summed E-state index contributed by atoms with van der Waals surface area (Å²) in [5.74, 6) is 0.685. The lowest BCUT2D eigenvalue weighted by atomic mass is 9.99. The molecule has 26 heavy (non-hydrogen) atoms. The predicted octanol–water partition coefficient (Wildman–Crippen LogP) is 5.35. The molecule has 0 radical (unpaired) electrons. The Bertz CT molecular complexity index is 767.